The third kappa shape index (κ3) is 4.50. The van der Waals surface area contributed by atoms with Crippen LogP contribution in [-0.2, 0) is 6.61 Å². The van der Waals surface area contributed by atoms with Crippen molar-refractivity contribution in [1.82, 2.24) is 10.1 Å². The second kappa shape index (κ2) is 8.71. The summed E-state index contributed by atoms with van der Waals surface area (Å²) in [6.45, 7) is 7.30. The van der Waals surface area contributed by atoms with E-state index in [1.54, 1.807) is 18.0 Å². The van der Waals surface area contributed by atoms with Crippen LogP contribution in [0.2, 0.25) is 0 Å². The SMILES string of the molecule is Cc1ccc(OCc2cc(C(=O)N(C)C(C)c3ccc4c(c3)OCCO4)no2)cc1C. The zero-order chi connectivity index (χ0) is 22.0. The molecule has 162 valence electrons. The lowest BCUT2D eigenvalue weighted by molar-refractivity contribution is 0.0731. The van der Waals surface area contributed by atoms with Gasteiger partial charge in [-0.2, -0.15) is 0 Å². The highest BCUT2D eigenvalue weighted by molar-refractivity contribution is 5.92. The summed E-state index contributed by atoms with van der Waals surface area (Å²) >= 11 is 0. The molecular formula is C24H26N2O5. The fourth-order valence-corrected chi connectivity index (χ4v) is 3.34. The third-order valence-electron chi connectivity index (χ3n) is 5.59. The average Bonchev–Trinajstić information content (AvgIpc) is 3.27. The Bertz CT molecular complexity index is 1090. The molecule has 1 atom stereocenters. The molecule has 7 heteroatoms. The molecule has 0 spiro atoms. The summed E-state index contributed by atoms with van der Waals surface area (Å²) in [5.41, 5.74) is 3.54. The molecule has 0 N–H and O–H groups in total. The predicted octanol–water partition coefficient (Wildman–Crippen LogP) is 4.47. The first-order valence-corrected chi connectivity index (χ1v) is 10.2. The number of ether oxygens (including phenoxy) is 3. The smallest absolute Gasteiger partial charge is 0.276 e. The van der Waals surface area contributed by atoms with Crippen LogP contribution >= 0.6 is 0 Å². The second-order valence-electron chi connectivity index (χ2n) is 7.71. The van der Waals surface area contributed by atoms with E-state index in [1.165, 1.54) is 5.56 Å². The summed E-state index contributed by atoms with van der Waals surface area (Å²) in [4.78, 5) is 14.5. The quantitative estimate of drug-likeness (QED) is 0.583. The third-order valence-corrected chi connectivity index (χ3v) is 5.59. The van der Waals surface area contributed by atoms with E-state index in [9.17, 15) is 4.79 Å². The molecule has 1 aromatic heterocycles. The van der Waals surface area contributed by atoms with E-state index in [2.05, 4.69) is 12.1 Å². The first kappa shape index (κ1) is 20.8. The fraction of sp³-hybridized carbons (Fsp3) is 0.333. The minimum atomic E-state index is -0.233. The van der Waals surface area contributed by atoms with Crippen molar-refractivity contribution in [3.8, 4) is 17.2 Å². The summed E-state index contributed by atoms with van der Waals surface area (Å²) in [5, 5.41) is 3.94. The van der Waals surface area contributed by atoms with E-state index in [1.807, 2.05) is 50.2 Å². The van der Waals surface area contributed by atoms with Crippen LogP contribution < -0.4 is 14.2 Å². The van der Waals surface area contributed by atoms with Gasteiger partial charge in [0.2, 0.25) is 0 Å². The number of benzene rings is 2. The number of hydrogen-bond donors (Lipinski definition) is 0. The largest absolute Gasteiger partial charge is 0.486 e. The van der Waals surface area contributed by atoms with Gasteiger partial charge in [0.1, 0.15) is 25.6 Å². The van der Waals surface area contributed by atoms with Crippen molar-refractivity contribution in [3.05, 3.63) is 70.6 Å². The molecule has 0 saturated carbocycles. The summed E-state index contributed by atoms with van der Waals surface area (Å²) in [6.07, 6.45) is 0. The summed E-state index contributed by atoms with van der Waals surface area (Å²) in [7, 11) is 1.74. The molecule has 0 bridgehead atoms. The van der Waals surface area contributed by atoms with Crippen molar-refractivity contribution < 1.29 is 23.5 Å². The van der Waals surface area contributed by atoms with Crippen molar-refractivity contribution in [3.63, 3.8) is 0 Å². The molecule has 31 heavy (non-hydrogen) atoms. The van der Waals surface area contributed by atoms with Gasteiger partial charge in [-0.15, -0.1) is 0 Å². The van der Waals surface area contributed by atoms with Gasteiger partial charge in [0.25, 0.3) is 5.91 Å². The van der Waals surface area contributed by atoms with Crippen LogP contribution in [0, 0.1) is 13.8 Å². The molecule has 3 aromatic rings. The summed E-state index contributed by atoms with van der Waals surface area (Å²) in [6, 6.07) is 13.0. The second-order valence-corrected chi connectivity index (χ2v) is 7.71. The van der Waals surface area contributed by atoms with Gasteiger partial charge in [-0.05, 0) is 61.7 Å². The van der Waals surface area contributed by atoms with Gasteiger partial charge in [0, 0.05) is 13.1 Å². The Balaban J connectivity index is 1.41. The highest BCUT2D eigenvalue weighted by Crippen LogP contribution is 2.34. The zero-order valence-electron chi connectivity index (χ0n) is 18.2. The Morgan fingerprint density at radius 2 is 1.84 bits per heavy atom. The first-order chi connectivity index (χ1) is 14.9. The Morgan fingerprint density at radius 3 is 2.61 bits per heavy atom. The van der Waals surface area contributed by atoms with E-state index in [0.29, 0.717) is 24.7 Å². The average molecular weight is 422 g/mol. The van der Waals surface area contributed by atoms with Crippen molar-refractivity contribution in [1.29, 1.82) is 0 Å². The van der Waals surface area contributed by atoms with Crippen molar-refractivity contribution in [2.75, 3.05) is 20.3 Å². The van der Waals surface area contributed by atoms with Crippen LogP contribution in [0.15, 0.2) is 47.0 Å². The maximum atomic E-state index is 12.9. The Kier molecular flexibility index (Phi) is 5.84. The number of hydrogen-bond acceptors (Lipinski definition) is 6. The van der Waals surface area contributed by atoms with Crippen LogP contribution in [-0.4, -0.2) is 36.2 Å². The number of rotatable bonds is 6. The molecule has 0 aliphatic carbocycles. The van der Waals surface area contributed by atoms with Crippen LogP contribution in [0.4, 0.5) is 0 Å². The van der Waals surface area contributed by atoms with E-state index >= 15 is 0 Å². The first-order valence-electron chi connectivity index (χ1n) is 10.2. The van der Waals surface area contributed by atoms with Gasteiger partial charge in [-0.3, -0.25) is 4.79 Å². The number of amides is 1. The van der Waals surface area contributed by atoms with Gasteiger partial charge in [0.05, 0.1) is 6.04 Å². The predicted molar refractivity (Wildman–Crippen MR) is 115 cm³/mol. The number of aryl methyl sites for hydroxylation is 2. The number of carbonyl (C=O) groups excluding carboxylic acids is 1. The van der Waals surface area contributed by atoms with Gasteiger partial charge in [-0.25, -0.2) is 0 Å². The molecule has 2 heterocycles. The Hall–Kier alpha value is -3.48. The minimum Gasteiger partial charge on any atom is -0.486 e. The van der Waals surface area contributed by atoms with Crippen molar-refractivity contribution in [2.24, 2.45) is 0 Å². The van der Waals surface area contributed by atoms with Crippen molar-refractivity contribution >= 4 is 5.91 Å². The molecule has 2 aromatic carbocycles. The number of fused-ring (bicyclic) bond motifs is 1. The number of nitrogens with zero attached hydrogens (tertiary/aromatic N) is 2. The highest BCUT2D eigenvalue weighted by atomic mass is 16.6. The van der Waals surface area contributed by atoms with Crippen LogP contribution in [0.1, 0.15) is 45.9 Å². The van der Waals surface area contributed by atoms with E-state index in [-0.39, 0.29) is 24.2 Å². The maximum Gasteiger partial charge on any atom is 0.276 e. The van der Waals surface area contributed by atoms with Crippen LogP contribution in [0.3, 0.4) is 0 Å². The van der Waals surface area contributed by atoms with Gasteiger partial charge in [0.15, 0.2) is 23.0 Å². The molecule has 1 amide bonds. The number of carbonyl (C=O) groups is 1. The van der Waals surface area contributed by atoms with Gasteiger partial charge < -0.3 is 23.6 Å². The Morgan fingerprint density at radius 1 is 1.06 bits per heavy atom. The molecule has 0 fully saturated rings. The molecule has 0 radical (unpaired) electrons. The van der Waals surface area contributed by atoms with E-state index in [4.69, 9.17) is 18.7 Å². The Labute approximate surface area is 181 Å². The molecular weight excluding hydrogens is 396 g/mol. The molecule has 0 saturated heterocycles. The molecule has 1 unspecified atom stereocenters. The lowest BCUT2D eigenvalue weighted by atomic mass is 10.1. The normalized spacial score (nSPS) is 13.5. The van der Waals surface area contributed by atoms with Gasteiger partial charge >= 0.3 is 0 Å². The maximum absolute atomic E-state index is 12.9. The lowest BCUT2D eigenvalue weighted by Crippen LogP contribution is -2.30. The van der Waals surface area contributed by atoms with Crippen LogP contribution in [0.25, 0.3) is 0 Å². The van der Waals surface area contributed by atoms with E-state index in [0.717, 1.165) is 22.6 Å². The molecule has 4 rings (SSSR count). The molecule has 7 nitrogen and oxygen atoms in total. The fourth-order valence-electron chi connectivity index (χ4n) is 3.34. The summed E-state index contributed by atoms with van der Waals surface area (Å²) in [5.74, 6) is 2.42. The molecule has 1 aliphatic rings. The molecule has 1 aliphatic heterocycles. The topological polar surface area (TPSA) is 74.0 Å². The zero-order valence-corrected chi connectivity index (χ0v) is 18.2. The van der Waals surface area contributed by atoms with Crippen LogP contribution in [0.5, 0.6) is 17.2 Å². The van der Waals surface area contributed by atoms with Crippen molar-refractivity contribution in [2.45, 2.75) is 33.4 Å². The lowest BCUT2D eigenvalue weighted by Gasteiger charge is -2.26. The highest BCUT2D eigenvalue weighted by Gasteiger charge is 2.24. The minimum absolute atomic E-state index is 0.185. The number of aromatic nitrogens is 1. The monoisotopic (exact) mass is 422 g/mol. The van der Waals surface area contributed by atoms with Gasteiger partial charge in [-0.1, -0.05) is 17.3 Å². The van der Waals surface area contributed by atoms with E-state index < -0.39 is 0 Å². The standard InChI is InChI=1S/C24H26N2O5/c1-15-5-7-19(11-16(15)2)30-14-20-13-21(25-31-20)24(27)26(4)17(3)18-6-8-22-23(12-18)29-10-9-28-22/h5-8,11-13,17H,9-10,14H2,1-4H3. The summed E-state index contributed by atoms with van der Waals surface area (Å²) < 4.78 is 22.3.